The number of nitrogens with one attached hydrogen (secondary N) is 1. The predicted octanol–water partition coefficient (Wildman–Crippen LogP) is 3.59. The highest BCUT2D eigenvalue weighted by molar-refractivity contribution is 7.99. The van der Waals surface area contributed by atoms with Crippen molar-refractivity contribution in [3.8, 4) is 0 Å². The smallest absolute Gasteiger partial charge is 0.134 e. The van der Waals surface area contributed by atoms with E-state index < -0.39 is 0 Å². The molecule has 2 unspecified atom stereocenters. The van der Waals surface area contributed by atoms with Crippen LogP contribution in [0.3, 0.4) is 0 Å². The number of para-hydroxylation sites is 1. The minimum Gasteiger partial charge on any atom is -0.459 e. The monoisotopic (exact) mass is 293 g/mol. The number of hydrogen-bond acceptors (Lipinski definition) is 4. The van der Waals surface area contributed by atoms with E-state index in [-0.39, 0.29) is 12.6 Å². The summed E-state index contributed by atoms with van der Waals surface area (Å²) in [4.78, 5) is 0. The summed E-state index contributed by atoms with van der Waals surface area (Å²) in [5.74, 6) is 1.95. The van der Waals surface area contributed by atoms with Gasteiger partial charge in [-0.05, 0) is 25.1 Å². The van der Waals surface area contributed by atoms with E-state index in [0.29, 0.717) is 5.25 Å². The number of furan rings is 1. The van der Waals surface area contributed by atoms with Crippen molar-refractivity contribution in [1.29, 1.82) is 0 Å². The summed E-state index contributed by atoms with van der Waals surface area (Å²) in [7, 11) is 0. The normalized spacial score (nSPS) is 14.6. The first-order valence-corrected chi connectivity index (χ1v) is 8.23. The van der Waals surface area contributed by atoms with Gasteiger partial charge in [-0.25, -0.2) is 0 Å². The first-order valence-electron chi connectivity index (χ1n) is 7.19. The van der Waals surface area contributed by atoms with Crippen molar-refractivity contribution in [3.63, 3.8) is 0 Å². The van der Waals surface area contributed by atoms with Crippen LogP contribution in [0, 0.1) is 0 Å². The quantitative estimate of drug-likeness (QED) is 0.781. The Morgan fingerprint density at radius 3 is 2.85 bits per heavy atom. The van der Waals surface area contributed by atoms with Crippen LogP contribution >= 0.6 is 11.8 Å². The van der Waals surface area contributed by atoms with Gasteiger partial charge < -0.3 is 14.8 Å². The zero-order valence-corrected chi connectivity index (χ0v) is 13.0. The highest BCUT2D eigenvalue weighted by Gasteiger charge is 2.16. The van der Waals surface area contributed by atoms with Crippen molar-refractivity contribution in [2.24, 2.45) is 0 Å². The van der Waals surface area contributed by atoms with Gasteiger partial charge in [0.1, 0.15) is 11.3 Å². The van der Waals surface area contributed by atoms with Crippen LogP contribution in [0.2, 0.25) is 0 Å². The molecule has 0 saturated carbocycles. The first kappa shape index (κ1) is 15.4. The summed E-state index contributed by atoms with van der Waals surface area (Å²) in [6.45, 7) is 5.43. The average Bonchev–Trinajstić information content (AvgIpc) is 2.87. The number of aliphatic hydroxyl groups excluding tert-OH is 1. The molecule has 2 N–H and O–H groups in total. The van der Waals surface area contributed by atoms with Crippen LogP contribution in [-0.2, 0) is 0 Å². The Balaban J connectivity index is 2.07. The van der Waals surface area contributed by atoms with Crippen molar-refractivity contribution in [1.82, 2.24) is 5.32 Å². The number of rotatable bonds is 8. The van der Waals surface area contributed by atoms with Gasteiger partial charge in [0, 0.05) is 23.0 Å². The fourth-order valence-electron chi connectivity index (χ4n) is 2.19. The third-order valence-corrected chi connectivity index (χ3v) is 4.65. The Morgan fingerprint density at radius 1 is 1.35 bits per heavy atom. The van der Waals surface area contributed by atoms with Gasteiger partial charge >= 0.3 is 0 Å². The minimum absolute atomic E-state index is 0.221. The molecule has 4 heteroatoms. The molecule has 1 aromatic carbocycles. The summed E-state index contributed by atoms with van der Waals surface area (Å²) in [6.07, 6.45) is 0.837. The van der Waals surface area contributed by atoms with Crippen LogP contribution in [0.1, 0.15) is 32.1 Å². The van der Waals surface area contributed by atoms with E-state index >= 15 is 0 Å². The summed E-state index contributed by atoms with van der Waals surface area (Å²) in [6, 6.07) is 10.5. The summed E-state index contributed by atoms with van der Waals surface area (Å²) in [5.41, 5.74) is 0.943. The van der Waals surface area contributed by atoms with Crippen molar-refractivity contribution < 1.29 is 9.52 Å². The van der Waals surface area contributed by atoms with E-state index in [1.807, 2.05) is 30.0 Å². The highest BCUT2D eigenvalue weighted by atomic mass is 32.2. The maximum absolute atomic E-state index is 8.97. The van der Waals surface area contributed by atoms with Crippen molar-refractivity contribution in [3.05, 3.63) is 36.1 Å². The maximum Gasteiger partial charge on any atom is 0.134 e. The second-order valence-corrected chi connectivity index (χ2v) is 6.42. The molecule has 0 fully saturated rings. The molecule has 110 valence electrons. The van der Waals surface area contributed by atoms with Gasteiger partial charge in [-0.15, -0.1) is 0 Å². The van der Waals surface area contributed by atoms with Gasteiger partial charge in [0.2, 0.25) is 0 Å². The first-order chi connectivity index (χ1) is 9.74. The van der Waals surface area contributed by atoms with Crippen LogP contribution < -0.4 is 5.32 Å². The Labute approximate surface area is 124 Å². The lowest BCUT2D eigenvalue weighted by molar-refractivity contribution is 0.289. The van der Waals surface area contributed by atoms with E-state index in [1.165, 1.54) is 0 Å². The molecule has 2 atom stereocenters. The Morgan fingerprint density at radius 2 is 2.15 bits per heavy atom. The van der Waals surface area contributed by atoms with E-state index in [4.69, 9.17) is 9.52 Å². The summed E-state index contributed by atoms with van der Waals surface area (Å²) in [5, 5.41) is 14.1. The summed E-state index contributed by atoms with van der Waals surface area (Å²) >= 11 is 1.87. The van der Waals surface area contributed by atoms with E-state index in [1.54, 1.807) is 0 Å². The lowest BCUT2D eigenvalue weighted by Crippen LogP contribution is -2.23. The van der Waals surface area contributed by atoms with Crippen LogP contribution in [-0.4, -0.2) is 29.3 Å². The van der Waals surface area contributed by atoms with Crippen molar-refractivity contribution in [2.75, 3.05) is 18.9 Å². The Kier molecular flexibility index (Phi) is 5.95. The molecule has 1 heterocycles. The maximum atomic E-state index is 8.97. The number of thioether (sulfide) groups is 1. The predicted molar refractivity (Wildman–Crippen MR) is 86.3 cm³/mol. The van der Waals surface area contributed by atoms with Crippen LogP contribution in [0.15, 0.2) is 34.7 Å². The third-order valence-electron chi connectivity index (χ3n) is 3.32. The molecule has 0 radical (unpaired) electrons. The molecular formula is C16H23NO2S. The second kappa shape index (κ2) is 7.72. The summed E-state index contributed by atoms with van der Waals surface area (Å²) < 4.78 is 5.95. The Bertz CT molecular complexity index is 493. The lowest BCUT2D eigenvalue weighted by Gasteiger charge is -2.17. The molecule has 2 aromatic rings. The largest absolute Gasteiger partial charge is 0.459 e. The number of benzene rings is 1. The van der Waals surface area contributed by atoms with Gasteiger partial charge in [0.15, 0.2) is 0 Å². The minimum atomic E-state index is 0.221. The van der Waals surface area contributed by atoms with E-state index in [0.717, 1.165) is 35.4 Å². The van der Waals surface area contributed by atoms with E-state index in [9.17, 15) is 0 Å². The fraction of sp³-hybridized carbons (Fsp3) is 0.500. The van der Waals surface area contributed by atoms with Gasteiger partial charge in [-0.2, -0.15) is 11.8 Å². The molecule has 0 aliphatic heterocycles. The van der Waals surface area contributed by atoms with Gasteiger partial charge in [-0.1, -0.05) is 32.0 Å². The molecular weight excluding hydrogens is 270 g/mol. The molecule has 1 aromatic heterocycles. The zero-order valence-electron chi connectivity index (χ0n) is 12.1. The standard InChI is InChI=1S/C16H23NO2S/c1-3-17-14(11-20-12(2)8-9-18)16-10-13-6-4-5-7-15(13)19-16/h4-7,10,12,14,17-18H,3,8-9,11H2,1-2H3. The van der Waals surface area contributed by atoms with Gasteiger partial charge in [0.25, 0.3) is 0 Å². The number of aliphatic hydroxyl groups is 1. The molecule has 0 bridgehead atoms. The SMILES string of the molecule is CCNC(CSC(C)CCO)c1cc2ccccc2o1. The Hall–Kier alpha value is -0.970. The molecule has 0 aliphatic rings. The molecule has 3 nitrogen and oxygen atoms in total. The average molecular weight is 293 g/mol. The number of hydrogen-bond donors (Lipinski definition) is 2. The molecule has 0 spiro atoms. The molecule has 2 rings (SSSR count). The van der Waals surface area contributed by atoms with Crippen molar-refractivity contribution in [2.45, 2.75) is 31.6 Å². The second-order valence-electron chi connectivity index (χ2n) is 4.95. The van der Waals surface area contributed by atoms with Crippen LogP contribution in [0.25, 0.3) is 11.0 Å². The zero-order chi connectivity index (χ0) is 14.4. The highest BCUT2D eigenvalue weighted by Crippen LogP contribution is 2.27. The molecule has 0 saturated heterocycles. The molecule has 0 aliphatic carbocycles. The molecule has 0 amide bonds. The van der Waals surface area contributed by atoms with Gasteiger partial charge in [0.05, 0.1) is 6.04 Å². The topological polar surface area (TPSA) is 45.4 Å². The molecule has 20 heavy (non-hydrogen) atoms. The van der Waals surface area contributed by atoms with Crippen molar-refractivity contribution >= 4 is 22.7 Å². The lowest BCUT2D eigenvalue weighted by atomic mass is 10.2. The van der Waals surface area contributed by atoms with Gasteiger partial charge in [-0.3, -0.25) is 0 Å². The number of fused-ring (bicyclic) bond motifs is 1. The van der Waals surface area contributed by atoms with E-state index in [2.05, 4.69) is 31.3 Å². The fourth-order valence-corrected chi connectivity index (χ4v) is 3.26. The van der Waals surface area contributed by atoms with Crippen LogP contribution in [0.5, 0.6) is 0 Å². The van der Waals surface area contributed by atoms with Crippen LogP contribution in [0.4, 0.5) is 0 Å². The third kappa shape index (κ3) is 4.01.